The maximum atomic E-state index is 5.74. The fourth-order valence-corrected chi connectivity index (χ4v) is 0.644. The molecule has 0 aliphatic heterocycles. The van der Waals surface area contributed by atoms with Crippen LogP contribution >= 0.6 is 0 Å². The van der Waals surface area contributed by atoms with Crippen LogP contribution in [0.2, 0.25) is 0 Å². The first kappa shape index (κ1) is 9.66. The third kappa shape index (κ3) is 4.53. The van der Waals surface area contributed by atoms with Gasteiger partial charge in [-0.3, -0.25) is 0 Å². The highest BCUT2D eigenvalue weighted by Crippen LogP contribution is 1.99. The minimum absolute atomic E-state index is 0.169. The summed E-state index contributed by atoms with van der Waals surface area (Å²) in [6, 6.07) is 0.169. The first-order chi connectivity index (χ1) is 4.54. The van der Waals surface area contributed by atoms with Gasteiger partial charge in [0.05, 0.1) is 0 Å². The molecule has 0 aliphatic rings. The summed E-state index contributed by atoms with van der Waals surface area (Å²) in [6.07, 6.45) is 1.00. The van der Waals surface area contributed by atoms with E-state index >= 15 is 0 Å². The summed E-state index contributed by atoms with van der Waals surface area (Å²) >= 11 is 0. The van der Waals surface area contributed by atoms with E-state index in [1.165, 1.54) is 0 Å². The normalized spacial score (nSPS) is 13.7. The standard InChI is InChI=1S/C8H18N2/c1-7(2)8(9)5-6-10(3)4/h8H,1,5-6,9H2,2-4H3. The van der Waals surface area contributed by atoms with Crippen molar-refractivity contribution in [3.8, 4) is 0 Å². The van der Waals surface area contributed by atoms with Crippen molar-refractivity contribution >= 4 is 0 Å². The van der Waals surface area contributed by atoms with Crippen molar-refractivity contribution < 1.29 is 0 Å². The van der Waals surface area contributed by atoms with E-state index in [1.54, 1.807) is 0 Å². The second kappa shape index (κ2) is 4.47. The van der Waals surface area contributed by atoms with Gasteiger partial charge in [0, 0.05) is 6.04 Å². The van der Waals surface area contributed by atoms with Crippen LogP contribution in [-0.2, 0) is 0 Å². The fourth-order valence-electron chi connectivity index (χ4n) is 0.644. The van der Waals surface area contributed by atoms with Gasteiger partial charge in [-0.1, -0.05) is 12.2 Å². The highest BCUT2D eigenvalue weighted by atomic mass is 15.0. The maximum Gasteiger partial charge on any atom is 0.0260 e. The van der Waals surface area contributed by atoms with E-state index in [0.717, 1.165) is 18.5 Å². The third-order valence-corrected chi connectivity index (χ3v) is 1.52. The molecule has 0 spiro atoms. The molecule has 2 N–H and O–H groups in total. The van der Waals surface area contributed by atoms with Crippen LogP contribution in [0, 0.1) is 0 Å². The predicted molar refractivity (Wildman–Crippen MR) is 46.0 cm³/mol. The molecule has 0 rings (SSSR count). The van der Waals surface area contributed by atoms with Gasteiger partial charge in [0.15, 0.2) is 0 Å². The van der Waals surface area contributed by atoms with Crippen LogP contribution in [-0.4, -0.2) is 31.6 Å². The predicted octanol–water partition coefficient (Wildman–Crippen LogP) is 0.841. The van der Waals surface area contributed by atoms with Gasteiger partial charge in [0.2, 0.25) is 0 Å². The van der Waals surface area contributed by atoms with Gasteiger partial charge in [0.25, 0.3) is 0 Å². The molecule has 0 radical (unpaired) electrons. The first-order valence-electron chi connectivity index (χ1n) is 3.59. The lowest BCUT2D eigenvalue weighted by Gasteiger charge is -2.14. The highest BCUT2D eigenvalue weighted by molar-refractivity contribution is 4.99. The molecule has 10 heavy (non-hydrogen) atoms. The zero-order valence-electron chi connectivity index (χ0n) is 7.22. The molecule has 0 aliphatic carbocycles. The molecule has 0 aromatic carbocycles. The van der Waals surface area contributed by atoms with Gasteiger partial charge in [-0.25, -0.2) is 0 Å². The smallest absolute Gasteiger partial charge is 0.0260 e. The van der Waals surface area contributed by atoms with Crippen LogP contribution in [0.15, 0.2) is 12.2 Å². The summed E-state index contributed by atoms with van der Waals surface area (Å²) in [5.41, 5.74) is 6.81. The topological polar surface area (TPSA) is 29.3 Å². The molecule has 0 saturated carbocycles. The molecule has 1 unspecified atom stereocenters. The maximum absolute atomic E-state index is 5.74. The lowest BCUT2D eigenvalue weighted by molar-refractivity contribution is 0.389. The van der Waals surface area contributed by atoms with Crippen LogP contribution in [0.1, 0.15) is 13.3 Å². The molecule has 0 heterocycles. The quantitative estimate of drug-likeness (QED) is 0.589. The fraction of sp³-hybridized carbons (Fsp3) is 0.750. The summed E-state index contributed by atoms with van der Waals surface area (Å²) in [5.74, 6) is 0. The molecule has 0 amide bonds. The van der Waals surface area contributed by atoms with Crippen molar-refractivity contribution in [3.05, 3.63) is 12.2 Å². The average molecular weight is 142 g/mol. The number of rotatable bonds is 4. The second-order valence-electron chi connectivity index (χ2n) is 3.04. The van der Waals surface area contributed by atoms with Crippen molar-refractivity contribution in [1.82, 2.24) is 4.90 Å². The largest absolute Gasteiger partial charge is 0.324 e. The van der Waals surface area contributed by atoms with Crippen molar-refractivity contribution in [1.29, 1.82) is 0 Å². The van der Waals surface area contributed by atoms with Crippen molar-refractivity contribution in [2.75, 3.05) is 20.6 Å². The zero-order chi connectivity index (χ0) is 8.15. The van der Waals surface area contributed by atoms with E-state index in [2.05, 4.69) is 11.5 Å². The minimum atomic E-state index is 0.169. The molecule has 1 atom stereocenters. The average Bonchev–Trinajstić information content (AvgIpc) is 1.82. The Kier molecular flexibility index (Phi) is 4.32. The lowest BCUT2D eigenvalue weighted by atomic mass is 10.1. The summed E-state index contributed by atoms with van der Waals surface area (Å²) in [5, 5.41) is 0. The van der Waals surface area contributed by atoms with Gasteiger partial charge in [-0.15, -0.1) is 0 Å². The van der Waals surface area contributed by atoms with Crippen LogP contribution in [0.4, 0.5) is 0 Å². The third-order valence-electron chi connectivity index (χ3n) is 1.52. The Morgan fingerprint density at radius 2 is 2.10 bits per heavy atom. The number of hydrogen-bond acceptors (Lipinski definition) is 2. The van der Waals surface area contributed by atoms with Gasteiger partial charge in [-0.05, 0) is 34.0 Å². The SMILES string of the molecule is C=C(C)C(N)CCN(C)C. The molecule has 0 aromatic rings. The van der Waals surface area contributed by atoms with E-state index in [-0.39, 0.29) is 6.04 Å². The Labute approximate surface area is 63.7 Å². The molecule has 0 fully saturated rings. The summed E-state index contributed by atoms with van der Waals surface area (Å²) < 4.78 is 0. The molecular weight excluding hydrogens is 124 g/mol. The van der Waals surface area contributed by atoms with E-state index < -0.39 is 0 Å². The molecule has 2 nitrogen and oxygen atoms in total. The molecular formula is C8H18N2. The minimum Gasteiger partial charge on any atom is -0.324 e. The summed E-state index contributed by atoms with van der Waals surface area (Å²) in [4.78, 5) is 2.13. The van der Waals surface area contributed by atoms with E-state index in [4.69, 9.17) is 5.73 Å². The van der Waals surface area contributed by atoms with Crippen molar-refractivity contribution in [2.45, 2.75) is 19.4 Å². The Morgan fingerprint density at radius 3 is 2.40 bits per heavy atom. The Balaban J connectivity index is 3.40. The molecule has 60 valence electrons. The van der Waals surface area contributed by atoms with Crippen LogP contribution in [0.5, 0.6) is 0 Å². The van der Waals surface area contributed by atoms with E-state index in [1.807, 2.05) is 21.0 Å². The lowest BCUT2D eigenvalue weighted by Crippen LogP contribution is -2.26. The number of nitrogens with two attached hydrogens (primary N) is 1. The Hall–Kier alpha value is -0.340. The molecule has 0 aromatic heterocycles. The van der Waals surface area contributed by atoms with E-state index in [9.17, 15) is 0 Å². The van der Waals surface area contributed by atoms with Crippen LogP contribution < -0.4 is 5.73 Å². The number of nitrogens with zero attached hydrogens (tertiary/aromatic N) is 1. The van der Waals surface area contributed by atoms with Gasteiger partial charge >= 0.3 is 0 Å². The summed E-state index contributed by atoms with van der Waals surface area (Å²) in [7, 11) is 4.09. The Bertz CT molecular complexity index is 108. The monoisotopic (exact) mass is 142 g/mol. The molecule has 2 heteroatoms. The molecule has 0 saturated heterocycles. The molecule has 0 bridgehead atoms. The van der Waals surface area contributed by atoms with E-state index in [0.29, 0.717) is 0 Å². The van der Waals surface area contributed by atoms with Crippen LogP contribution in [0.3, 0.4) is 0 Å². The van der Waals surface area contributed by atoms with Gasteiger partial charge in [-0.2, -0.15) is 0 Å². The first-order valence-corrected chi connectivity index (χ1v) is 3.59. The summed E-state index contributed by atoms with van der Waals surface area (Å²) in [6.45, 7) is 6.80. The highest BCUT2D eigenvalue weighted by Gasteiger charge is 2.01. The number of hydrogen-bond donors (Lipinski definition) is 1. The Morgan fingerprint density at radius 1 is 1.60 bits per heavy atom. The van der Waals surface area contributed by atoms with Crippen molar-refractivity contribution in [2.24, 2.45) is 5.73 Å². The second-order valence-corrected chi connectivity index (χ2v) is 3.04. The van der Waals surface area contributed by atoms with Gasteiger partial charge < -0.3 is 10.6 Å². The van der Waals surface area contributed by atoms with Gasteiger partial charge in [0.1, 0.15) is 0 Å². The van der Waals surface area contributed by atoms with Crippen molar-refractivity contribution in [3.63, 3.8) is 0 Å². The van der Waals surface area contributed by atoms with Crippen LogP contribution in [0.25, 0.3) is 0 Å². The zero-order valence-corrected chi connectivity index (χ0v) is 7.22.